The summed E-state index contributed by atoms with van der Waals surface area (Å²) >= 11 is 1.33. The molecule has 1 aliphatic heterocycles. The van der Waals surface area contributed by atoms with Gasteiger partial charge in [0.2, 0.25) is 5.91 Å². The number of carbonyl (C=O) groups excluding carboxylic acids is 2. The third-order valence-electron chi connectivity index (χ3n) is 4.83. The minimum Gasteiger partial charge on any atom is -0.370 e. The summed E-state index contributed by atoms with van der Waals surface area (Å²) in [6.45, 7) is 3.53. The number of benzene rings is 2. The Bertz CT molecular complexity index is 1050. The van der Waals surface area contributed by atoms with Crippen molar-refractivity contribution in [2.75, 3.05) is 29.1 Å². The van der Waals surface area contributed by atoms with Crippen molar-refractivity contribution in [1.29, 1.82) is 0 Å². The monoisotopic (exact) mass is 406 g/mol. The largest absolute Gasteiger partial charge is 0.370 e. The Kier molecular flexibility index (Phi) is 5.76. The number of nitrogens with one attached hydrogen (secondary N) is 1. The molecule has 0 aliphatic carbocycles. The van der Waals surface area contributed by atoms with Crippen LogP contribution in [0.4, 0.5) is 11.5 Å². The Morgan fingerprint density at radius 3 is 2.66 bits per heavy atom. The van der Waals surface area contributed by atoms with Crippen LogP contribution in [0.2, 0.25) is 0 Å². The van der Waals surface area contributed by atoms with Crippen LogP contribution in [0.25, 0.3) is 10.9 Å². The third-order valence-corrected chi connectivity index (χ3v) is 5.68. The molecule has 0 radical (unpaired) electrons. The number of fused-ring (bicyclic) bond motifs is 1. The van der Waals surface area contributed by atoms with E-state index in [1.807, 2.05) is 43.3 Å². The summed E-state index contributed by atoms with van der Waals surface area (Å²) in [5.41, 5.74) is 2.33. The lowest BCUT2D eigenvalue weighted by Gasteiger charge is -2.15. The number of anilines is 2. The molecule has 1 N–H and O–H groups in total. The lowest BCUT2D eigenvalue weighted by molar-refractivity contribution is -0.117. The second-order valence-electron chi connectivity index (χ2n) is 6.81. The van der Waals surface area contributed by atoms with Gasteiger partial charge in [-0.25, -0.2) is 9.97 Å². The minimum atomic E-state index is 0.0102. The summed E-state index contributed by atoms with van der Waals surface area (Å²) in [4.78, 5) is 35.4. The van der Waals surface area contributed by atoms with Gasteiger partial charge < -0.3 is 10.2 Å². The van der Waals surface area contributed by atoms with Crippen LogP contribution in [-0.4, -0.2) is 40.5 Å². The number of hydrogen-bond donors (Lipinski definition) is 1. The van der Waals surface area contributed by atoms with Crippen LogP contribution in [0.5, 0.6) is 0 Å². The van der Waals surface area contributed by atoms with E-state index in [1.165, 1.54) is 11.8 Å². The average molecular weight is 407 g/mol. The molecule has 2 aromatic carbocycles. The molecule has 1 aromatic heterocycles. The highest BCUT2D eigenvalue weighted by molar-refractivity contribution is 7.99. The second-order valence-corrected chi connectivity index (χ2v) is 7.75. The number of amides is 1. The van der Waals surface area contributed by atoms with E-state index < -0.39 is 0 Å². The predicted molar refractivity (Wildman–Crippen MR) is 117 cm³/mol. The zero-order valence-corrected chi connectivity index (χ0v) is 17.0. The van der Waals surface area contributed by atoms with Crippen molar-refractivity contribution in [2.45, 2.75) is 24.9 Å². The SMILES string of the molecule is CCNc1nc(SCC(=O)c2ccc(N3CCCC3=O)cc2)nc2ccccc12. The van der Waals surface area contributed by atoms with Crippen molar-refractivity contribution in [3.05, 3.63) is 54.1 Å². The molecule has 0 spiro atoms. The van der Waals surface area contributed by atoms with Gasteiger partial charge in [-0.3, -0.25) is 9.59 Å². The molecule has 0 atom stereocenters. The fourth-order valence-corrected chi connectivity index (χ4v) is 4.13. The molecular formula is C22H22N4O2S. The molecule has 6 nitrogen and oxygen atoms in total. The van der Waals surface area contributed by atoms with E-state index in [0.717, 1.165) is 41.9 Å². The van der Waals surface area contributed by atoms with E-state index in [4.69, 9.17) is 0 Å². The molecule has 148 valence electrons. The van der Waals surface area contributed by atoms with Gasteiger partial charge in [0.25, 0.3) is 0 Å². The molecule has 29 heavy (non-hydrogen) atoms. The number of ketones is 1. The molecule has 7 heteroatoms. The first-order chi connectivity index (χ1) is 14.2. The molecule has 1 fully saturated rings. The van der Waals surface area contributed by atoms with Gasteiger partial charge in [-0.05, 0) is 49.7 Å². The number of para-hydroxylation sites is 1. The second kappa shape index (κ2) is 8.61. The normalized spacial score (nSPS) is 13.8. The molecule has 0 unspecified atom stereocenters. The van der Waals surface area contributed by atoms with Gasteiger partial charge in [0.15, 0.2) is 10.9 Å². The van der Waals surface area contributed by atoms with Crippen molar-refractivity contribution >= 4 is 45.9 Å². The van der Waals surface area contributed by atoms with E-state index in [1.54, 1.807) is 17.0 Å². The van der Waals surface area contributed by atoms with Crippen molar-refractivity contribution < 1.29 is 9.59 Å². The fraction of sp³-hybridized carbons (Fsp3) is 0.273. The topological polar surface area (TPSA) is 75.2 Å². The van der Waals surface area contributed by atoms with Gasteiger partial charge in [-0.15, -0.1) is 0 Å². The molecule has 0 saturated carbocycles. The highest BCUT2D eigenvalue weighted by atomic mass is 32.2. The first kappa shape index (κ1) is 19.4. The minimum absolute atomic E-state index is 0.0102. The van der Waals surface area contributed by atoms with Crippen molar-refractivity contribution in [3.63, 3.8) is 0 Å². The number of carbonyl (C=O) groups is 2. The molecule has 4 rings (SSSR count). The Morgan fingerprint density at radius 1 is 1.14 bits per heavy atom. The van der Waals surface area contributed by atoms with Gasteiger partial charge in [-0.2, -0.15) is 0 Å². The van der Waals surface area contributed by atoms with Crippen LogP contribution < -0.4 is 10.2 Å². The summed E-state index contributed by atoms with van der Waals surface area (Å²) in [6, 6.07) is 15.1. The number of thioether (sulfide) groups is 1. The Balaban J connectivity index is 1.46. The van der Waals surface area contributed by atoms with E-state index in [-0.39, 0.29) is 17.4 Å². The van der Waals surface area contributed by atoms with Crippen molar-refractivity contribution in [3.8, 4) is 0 Å². The van der Waals surface area contributed by atoms with Crippen LogP contribution in [0.3, 0.4) is 0 Å². The predicted octanol–water partition coefficient (Wildman–Crippen LogP) is 4.16. The Morgan fingerprint density at radius 2 is 1.93 bits per heavy atom. The third kappa shape index (κ3) is 4.24. The molecule has 0 bridgehead atoms. The summed E-state index contributed by atoms with van der Waals surface area (Å²) in [5.74, 6) is 1.19. The summed E-state index contributed by atoms with van der Waals surface area (Å²) in [7, 11) is 0. The lowest BCUT2D eigenvalue weighted by Crippen LogP contribution is -2.23. The quantitative estimate of drug-likeness (QED) is 0.361. The fourth-order valence-electron chi connectivity index (χ4n) is 3.38. The van der Waals surface area contributed by atoms with E-state index in [2.05, 4.69) is 15.3 Å². The van der Waals surface area contributed by atoms with Gasteiger partial charge >= 0.3 is 0 Å². The van der Waals surface area contributed by atoms with Crippen LogP contribution >= 0.6 is 11.8 Å². The zero-order valence-electron chi connectivity index (χ0n) is 16.2. The highest BCUT2D eigenvalue weighted by Crippen LogP contribution is 2.26. The average Bonchev–Trinajstić information content (AvgIpc) is 3.18. The van der Waals surface area contributed by atoms with Crippen LogP contribution in [-0.2, 0) is 4.79 Å². The van der Waals surface area contributed by atoms with Crippen LogP contribution in [0.1, 0.15) is 30.1 Å². The number of aromatic nitrogens is 2. The van der Waals surface area contributed by atoms with Gasteiger partial charge in [0, 0.05) is 36.1 Å². The molecule has 1 aliphatic rings. The molecule has 3 aromatic rings. The summed E-state index contributed by atoms with van der Waals surface area (Å²) < 4.78 is 0. The van der Waals surface area contributed by atoms with E-state index in [9.17, 15) is 9.59 Å². The number of Topliss-reactive ketones (excluding diaryl/α,β-unsaturated/α-hetero) is 1. The lowest BCUT2D eigenvalue weighted by atomic mass is 10.1. The number of rotatable bonds is 7. The molecule has 1 saturated heterocycles. The Hall–Kier alpha value is -2.93. The number of nitrogens with zero attached hydrogens (tertiary/aromatic N) is 3. The maximum Gasteiger partial charge on any atom is 0.227 e. The first-order valence-corrected chi connectivity index (χ1v) is 10.7. The van der Waals surface area contributed by atoms with Gasteiger partial charge in [0.1, 0.15) is 5.82 Å². The smallest absolute Gasteiger partial charge is 0.227 e. The maximum absolute atomic E-state index is 12.6. The van der Waals surface area contributed by atoms with Crippen molar-refractivity contribution in [2.24, 2.45) is 0 Å². The Labute approximate surface area is 173 Å². The first-order valence-electron chi connectivity index (χ1n) is 9.73. The van der Waals surface area contributed by atoms with Crippen LogP contribution in [0, 0.1) is 0 Å². The zero-order chi connectivity index (χ0) is 20.2. The maximum atomic E-state index is 12.6. The van der Waals surface area contributed by atoms with Crippen molar-refractivity contribution in [1.82, 2.24) is 9.97 Å². The van der Waals surface area contributed by atoms with E-state index >= 15 is 0 Å². The standard InChI is InChI=1S/C22H22N4O2S/c1-2-23-21-17-6-3-4-7-18(17)24-22(25-21)29-14-19(27)15-9-11-16(12-10-15)26-13-5-8-20(26)28/h3-4,6-7,9-12H,2,5,8,13-14H2,1H3,(H,23,24,25). The number of hydrogen-bond acceptors (Lipinski definition) is 6. The molecular weight excluding hydrogens is 384 g/mol. The highest BCUT2D eigenvalue weighted by Gasteiger charge is 2.21. The summed E-state index contributed by atoms with van der Waals surface area (Å²) in [6.07, 6.45) is 1.48. The van der Waals surface area contributed by atoms with E-state index in [0.29, 0.717) is 17.1 Å². The molecule has 2 heterocycles. The van der Waals surface area contributed by atoms with Gasteiger partial charge in [0.05, 0.1) is 11.3 Å². The molecule has 1 amide bonds. The van der Waals surface area contributed by atoms with Gasteiger partial charge in [-0.1, -0.05) is 23.9 Å². The summed E-state index contributed by atoms with van der Waals surface area (Å²) in [5, 5.41) is 4.81. The van der Waals surface area contributed by atoms with Crippen LogP contribution in [0.15, 0.2) is 53.7 Å².